The van der Waals surface area contributed by atoms with E-state index in [0.717, 1.165) is 125 Å². The zero-order valence-corrected chi connectivity index (χ0v) is 48.5. The largest absolute Gasteiger partial charge is 0.508 e. The molecule has 2 aromatic carbocycles. The van der Waals surface area contributed by atoms with Crippen molar-refractivity contribution in [1.82, 2.24) is 10.6 Å². The molecule has 7 aliphatic carbocycles. The van der Waals surface area contributed by atoms with E-state index in [1.165, 1.54) is 11.1 Å². The number of rotatable bonds is 12. The van der Waals surface area contributed by atoms with Crippen LogP contribution in [0, 0.1) is 74.9 Å². The number of epoxide rings is 1. The third-order valence-corrected chi connectivity index (χ3v) is 24.2. The Labute approximate surface area is 462 Å². The zero-order valence-electron chi connectivity index (χ0n) is 48.5. The van der Waals surface area contributed by atoms with Gasteiger partial charge in [0.25, 0.3) is 0 Å². The van der Waals surface area contributed by atoms with Crippen molar-refractivity contribution >= 4 is 17.3 Å². The lowest BCUT2D eigenvalue weighted by atomic mass is 9.32. The first-order valence-electron chi connectivity index (χ1n) is 31.1. The molecule has 0 aromatic heterocycles. The Morgan fingerprint density at radius 2 is 1.69 bits per heavy atom. The number of carbonyl (C=O) groups excluding carboxylic acids is 2. The molecule has 5 saturated carbocycles. The maximum Gasteiger partial charge on any atom is 0.160 e. The Morgan fingerprint density at radius 1 is 0.896 bits per heavy atom. The van der Waals surface area contributed by atoms with Crippen LogP contribution in [0.15, 0.2) is 53.6 Å². The minimum absolute atomic E-state index is 0.0141. The van der Waals surface area contributed by atoms with E-state index in [0.29, 0.717) is 68.2 Å². The van der Waals surface area contributed by atoms with E-state index in [1.54, 1.807) is 0 Å². The molecule has 2 aromatic rings. The van der Waals surface area contributed by atoms with Gasteiger partial charge in [0, 0.05) is 54.6 Å². The van der Waals surface area contributed by atoms with Gasteiger partial charge < -0.3 is 41.5 Å². The van der Waals surface area contributed by atoms with Crippen LogP contribution in [-0.2, 0) is 20.9 Å². The number of anilines is 1. The summed E-state index contributed by atoms with van der Waals surface area (Å²) in [5.74, 6) is 2.71. The van der Waals surface area contributed by atoms with Gasteiger partial charge in [0.15, 0.2) is 5.78 Å². The number of aliphatic hydroxyl groups excluding tert-OH is 2. The molecule has 11 rings (SSSR count). The summed E-state index contributed by atoms with van der Waals surface area (Å²) in [6.07, 6.45) is 16.8. The second-order valence-corrected chi connectivity index (χ2v) is 29.5. The molecule has 8 N–H and O–H groups in total. The van der Waals surface area contributed by atoms with Crippen molar-refractivity contribution in [3.05, 3.63) is 70.3 Å². The molecule has 424 valence electrons. The number of phenols is 1. The van der Waals surface area contributed by atoms with Gasteiger partial charge in [-0.1, -0.05) is 90.5 Å². The van der Waals surface area contributed by atoms with Crippen LogP contribution >= 0.6 is 0 Å². The Morgan fingerprint density at radius 3 is 2.44 bits per heavy atom. The van der Waals surface area contributed by atoms with Crippen LogP contribution in [0.1, 0.15) is 205 Å². The monoisotopic (exact) mass is 1060 g/mol. The fourth-order valence-electron chi connectivity index (χ4n) is 21.0. The highest BCUT2D eigenvalue weighted by atomic mass is 16.6. The van der Waals surface area contributed by atoms with Gasteiger partial charge in [-0.05, 0) is 227 Å². The maximum absolute atomic E-state index is 16.0. The van der Waals surface area contributed by atoms with Gasteiger partial charge in [0.05, 0.1) is 17.3 Å². The number of phenolic OH excluding ortho intramolecular Hbond substituents is 1. The Balaban J connectivity index is 1.05. The van der Waals surface area contributed by atoms with E-state index < -0.39 is 28.1 Å². The number of ether oxygens (including phenoxy) is 1. The normalized spacial score (nSPS) is 44.3. The summed E-state index contributed by atoms with van der Waals surface area (Å²) in [6.45, 7) is 17.5. The van der Waals surface area contributed by atoms with Crippen LogP contribution in [0.2, 0.25) is 0 Å². The molecule has 2 saturated heterocycles. The van der Waals surface area contributed by atoms with Crippen LogP contribution in [0.3, 0.4) is 0 Å². The van der Waals surface area contributed by atoms with Gasteiger partial charge >= 0.3 is 0 Å². The van der Waals surface area contributed by atoms with E-state index in [-0.39, 0.29) is 82.5 Å². The minimum atomic E-state index is -0.897. The lowest BCUT2D eigenvalue weighted by Crippen LogP contribution is -2.71. The molecular formula is C67H99N3O7. The predicted molar refractivity (Wildman–Crippen MR) is 305 cm³/mol. The number of hydrogen-bond acceptors (Lipinski definition) is 10. The molecule has 77 heavy (non-hydrogen) atoms. The molecule has 19 atom stereocenters. The number of nitrogens with two attached hydrogens (primary N) is 1. The highest BCUT2D eigenvalue weighted by Crippen LogP contribution is 2.78. The molecule has 10 nitrogen and oxygen atoms in total. The van der Waals surface area contributed by atoms with E-state index in [2.05, 4.69) is 76.4 Å². The number of aromatic hydroxyl groups is 1. The standard InChI is InChI=1S/C67H99N3O7/c1-39(2)17-18-40-25-44-20-19-41(37-71)28-49(44)50(31-55(73)61-66(7,77-61)52-16-12-15-48(52)43-13-11-14-46(68)29-43)58-53-21-22-57-64(5)33-51(45-26-42(36-69-8)27-47(72)30-45)60(75)63(4)24-10-9-23-62(3,76)38-70-54(59(63)64)34-67(57,32-40)65(53,6)35-56(58)74/h11,13-14,26-27,29-30,39-41,44,48-52,54-55,57,59,61,69-73,76H,9-10,12,15-25,28,31-38,68H2,1-8H3. The van der Waals surface area contributed by atoms with Crippen molar-refractivity contribution in [1.29, 1.82) is 0 Å². The van der Waals surface area contributed by atoms with Crippen molar-refractivity contribution < 1.29 is 34.8 Å². The van der Waals surface area contributed by atoms with Gasteiger partial charge in [-0.25, -0.2) is 0 Å². The third-order valence-electron chi connectivity index (χ3n) is 24.2. The molecular weight excluding hydrogens is 959 g/mol. The topological polar surface area (TPSA) is 178 Å². The molecule has 4 bridgehead atoms. The van der Waals surface area contributed by atoms with Crippen molar-refractivity contribution in [2.45, 2.75) is 225 Å². The lowest BCUT2D eigenvalue weighted by molar-refractivity contribution is -0.210. The highest BCUT2D eigenvalue weighted by molar-refractivity contribution is 6.01. The summed E-state index contributed by atoms with van der Waals surface area (Å²) in [7, 11) is 1.92. The van der Waals surface area contributed by atoms with Crippen LogP contribution in [0.25, 0.3) is 0 Å². The van der Waals surface area contributed by atoms with Crippen molar-refractivity contribution in [2.75, 3.05) is 25.9 Å². The molecule has 2 aliphatic heterocycles. The minimum Gasteiger partial charge on any atom is -0.508 e. The summed E-state index contributed by atoms with van der Waals surface area (Å²) in [5.41, 5.74) is 9.55. The zero-order chi connectivity index (χ0) is 54.6. The van der Waals surface area contributed by atoms with Gasteiger partial charge in [0.2, 0.25) is 0 Å². The average molecular weight is 1060 g/mol. The summed E-state index contributed by atoms with van der Waals surface area (Å²) in [6, 6.07) is 14.1. The average Bonchev–Trinajstić information content (AvgIpc) is 3.92. The number of ketones is 2. The second-order valence-electron chi connectivity index (χ2n) is 29.5. The number of nitrogens with one attached hydrogen (secondary N) is 2. The number of aliphatic hydroxyl groups is 3. The Bertz CT molecular complexity index is 2580. The number of hydrogen-bond donors (Lipinski definition) is 7. The number of carbonyl (C=O) groups is 2. The molecule has 7 fully saturated rings. The fourth-order valence-corrected chi connectivity index (χ4v) is 21.0. The number of nitrogen functional groups attached to an aromatic ring is 1. The van der Waals surface area contributed by atoms with E-state index in [4.69, 9.17) is 10.5 Å². The molecule has 2 heterocycles. The quantitative estimate of drug-likeness (QED) is 0.0800. The van der Waals surface area contributed by atoms with Gasteiger partial charge in [-0.3, -0.25) is 9.59 Å². The van der Waals surface area contributed by atoms with E-state index in [9.17, 15) is 20.4 Å². The molecule has 10 heteroatoms. The van der Waals surface area contributed by atoms with Crippen molar-refractivity contribution in [3.63, 3.8) is 0 Å². The lowest BCUT2D eigenvalue weighted by Gasteiger charge is -2.72. The van der Waals surface area contributed by atoms with Gasteiger partial charge in [-0.2, -0.15) is 0 Å². The first-order chi connectivity index (χ1) is 36.6. The van der Waals surface area contributed by atoms with Crippen molar-refractivity contribution in [2.24, 2.45) is 74.9 Å². The first-order valence-corrected chi connectivity index (χ1v) is 31.1. The second kappa shape index (κ2) is 20.7. The highest BCUT2D eigenvalue weighted by Gasteiger charge is 2.74. The van der Waals surface area contributed by atoms with Gasteiger partial charge in [-0.15, -0.1) is 0 Å². The number of benzene rings is 2. The molecule has 19 unspecified atom stereocenters. The predicted octanol–water partition coefficient (Wildman–Crippen LogP) is 11.7. The molecule has 0 amide bonds. The Kier molecular flexibility index (Phi) is 15.0. The first kappa shape index (κ1) is 55.8. The number of fused-ring (bicyclic) bond motifs is 2. The van der Waals surface area contributed by atoms with Gasteiger partial charge in [0.1, 0.15) is 17.6 Å². The summed E-state index contributed by atoms with van der Waals surface area (Å²) in [5, 5.41) is 54.7. The smallest absolute Gasteiger partial charge is 0.160 e. The maximum atomic E-state index is 16.0. The van der Waals surface area contributed by atoms with Crippen LogP contribution in [0.4, 0.5) is 5.69 Å². The number of Topliss-reactive ketones (excluding diaryl/α,β-unsaturated/α-hetero) is 2. The molecule has 1 spiro atoms. The van der Waals surface area contributed by atoms with Crippen LogP contribution < -0.4 is 16.4 Å². The van der Waals surface area contributed by atoms with Crippen molar-refractivity contribution in [3.8, 4) is 5.75 Å². The van der Waals surface area contributed by atoms with E-state index in [1.807, 2.05) is 32.2 Å². The van der Waals surface area contributed by atoms with Crippen LogP contribution in [-0.4, -0.2) is 81.6 Å². The van der Waals surface area contributed by atoms with E-state index >= 15 is 9.59 Å². The molecule has 0 radical (unpaired) electrons. The fraction of sp³-hybridized carbons (Fsp3) is 0.761. The Hall–Kier alpha value is -3.12. The SMILES string of the molecule is CNCc1cc(O)cc(C2CC3(C)C4C(CC56CC(CCC(C)C)CC7CCC(CO)CC7C(CC(O)C7OC7(C)C7CCCC7c7cccc(N)c7)C7=C(CCC35)C6(C)CC7=O)NCC(C)(O)CCCCC4(C)C2=O)c1. The summed E-state index contributed by atoms with van der Waals surface area (Å²) < 4.78 is 6.84. The van der Waals surface area contributed by atoms with Crippen LogP contribution in [0.5, 0.6) is 5.75 Å². The number of β-amino-alcohol motifs (C(OH)–C–C–N with tert-alkyl or cyclic N) is 1. The third kappa shape index (κ3) is 9.54. The number of allylic oxidation sites excluding steroid dienone is 2. The molecule has 9 aliphatic rings. The summed E-state index contributed by atoms with van der Waals surface area (Å²) in [4.78, 5) is 31.9. The summed E-state index contributed by atoms with van der Waals surface area (Å²) >= 11 is 0.